The highest BCUT2D eigenvalue weighted by Gasteiger charge is 2.08. The molecule has 0 aliphatic rings. The fourth-order valence-electron chi connectivity index (χ4n) is 1.11. The molecule has 1 heterocycles. The molecule has 5 heteroatoms. The van der Waals surface area contributed by atoms with Crippen LogP contribution in [0.3, 0.4) is 0 Å². The van der Waals surface area contributed by atoms with E-state index in [9.17, 15) is 0 Å². The Balaban J connectivity index is 2.52. The van der Waals surface area contributed by atoms with Gasteiger partial charge in [-0.05, 0) is 18.2 Å². The number of halogens is 2. The number of hydrogen-bond acceptors (Lipinski definition) is 3. The topological polar surface area (TPSA) is 52.0 Å². The average Bonchev–Trinajstić information content (AvgIpc) is 2.51. The summed E-state index contributed by atoms with van der Waals surface area (Å²) in [6.07, 6.45) is 0. The Hall–Kier alpha value is -1.19. The first-order valence-electron chi connectivity index (χ1n) is 3.84. The summed E-state index contributed by atoms with van der Waals surface area (Å²) in [5, 5.41) is 4.65. The van der Waals surface area contributed by atoms with Crippen molar-refractivity contribution in [2.75, 3.05) is 5.73 Å². The highest BCUT2D eigenvalue weighted by Crippen LogP contribution is 2.30. The smallest absolute Gasteiger partial charge is 0.170 e. The van der Waals surface area contributed by atoms with Gasteiger partial charge < -0.3 is 10.3 Å². The minimum absolute atomic E-state index is 0.325. The Morgan fingerprint density at radius 2 is 2.00 bits per heavy atom. The monoisotopic (exact) mass is 228 g/mol. The lowest BCUT2D eigenvalue weighted by Gasteiger charge is -1.98. The zero-order valence-electron chi connectivity index (χ0n) is 7.00. The van der Waals surface area contributed by atoms with Gasteiger partial charge in [-0.2, -0.15) is 0 Å². The highest BCUT2D eigenvalue weighted by molar-refractivity contribution is 6.36. The predicted octanol–water partition coefficient (Wildman–Crippen LogP) is 3.23. The van der Waals surface area contributed by atoms with E-state index in [1.165, 1.54) is 0 Å². The van der Waals surface area contributed by atoms with Crippen molar-refractivity contribution in [2.24, 2.45) is 0 Å². The van der Waals surface area contributed by atoms with E-state index in [1.54, 1.807) is 24.3 Å². The van der Waals surface area contributed by atoms with Crippen molar-refractivity contribution < 1.29 is 4.52 Å². The summed E-state index contributed by atoms with van der Waals surface area (Å²) in [5.74, 6) is 0.857. The molecule has 2 N–H and O–H groups in total. The first kappa shape index (κ1) is 9.37. The molecule has 0 amide bonds. The first-order valence-corrected chi connectivity index (χ1v) is 4.60. The van der Waals surface area contributed by atoms with Crippen molar-refractivity contribution in [1.82, 2.24) is 5.16 Å². The molecule has 0 bridgehead atoms. The first-order chi connectivity index (χ1) is 6.66. The van der Waals surface area contributed by atoms with E-state index in [-0.39, 0.29) is 0 Å². The second-order valence-electron chi connectivity index (χ2n) is 2.74. The van der Waals surface area contributed by atoms with Gasteiger partial charge in [0.05, 0.1) is 5.02 Å². The summed E-state index contributed by atoms with van der Waals surface area (Å²) in [5.41, 5.74) is 6.14. The lowest BCUT2D eigenvalue weighted by atomic mass is 10.2. The van der Waals surface area contributed by atoms with Crippen LogP contribution in [0.4, 0.5) is 5.82 Å². The van der Waals surface area contributed by atoms with Crippen LogP contribution in [0.2, 0.25) is 10.0 Å². The fraction of sp³-hybridized carbons (Fsp3) is 0. The molecular weight excluding hydrogens is 223 g/mol. The van der Waals surface area contributed by atoms with E-state index in [2.05, 4.69) is 5.16 Å². The van der Waals surface area contributed by atoms with Gasteiger partial charge in [0.1, 0.15) is 0 Å². The minimum Gasteiger partial charge on any atom is -0.381 e. The minimum atomic E-state index is 0.325. The number of benzene rings is 1. The molecule has 14 heavy (non-hydrogen) atoms. The van der Waals surface area contributed by atoms with E-state index in [0.29, 0.717) is 21.6 Å². The molecule has 0 radical (unpaired) electrons. The number of aromatic nitrogens is 1. The van der Waals surface area contributed by atoms with Gasteiger partial charge in [-0.1, -0.05) is 28.4 Å². The summed E-state index contributed by atoms with van der Waals surface area (Å²) in [7, 11) is 0. The third-order valence-electron chi connectivity index (χ3n) is 1.72. The summed E-state index contributed by atoms with van der Waals surface area (Å²) in [6.45, 7) is 0. The summed E-state index contributed by atoms with van der Waals surface area (Å²) in [4.78, 5) is 0. The van der Waals surface area contributed by atoms with Crippen molar-refractivity contribution in [3.63, 3.8) is 0 Å². The van der Waals surface area contributed by atoms with Crippen LogP contribution in [0, 0.1) is 0 Å². The lowest BCUT2D eigenvalue weighted by Crippen LogP contribution is -1.80. The van der Waals surface area contributed by atoms with E-state index in [4.69, 9.17) is 33.5 Å². The Morgan fingerprint density at radius 1 is 1.21 bits per heavy atom. The maximum atomic E-state index is 5.96. The Morgan fingerprint density at radius 3 is 2.57 bits per heavy atom. The largest absolute Gasteiger partial charge is 0.381 e. The van der Waals surface area contributed by atoms with Gasteiger partial charge in [-0.15, -0.1) is 0 Å². The number of hydrogen-bond donors (Lipinski definition) is 1. The van der Waals surface area contributed by atoms with Crippen molar-refractivity contribution in [3.05, 3.63) is 34.3 Å². The van der Waals surface area contributed by atoms with E-state index >= 15 is 0 Å². The number of nitrogens with zero attached hydrogens (tertiary/aromatic N) is 1. The van der Waals surface area contributed by atoms with Gasteiger partial charge in [0.2, 0.25) is 0 Å². The third-order valence-corrected chi connectivity index (χ3v) is 2.27. The number of nitrogen functional groups attached to an aromatic ring is 1. The molecule has 0 spiro atoms. The lowest BCUT2D eigenvalue weighted by molar-refractivity contribution is 0.436. The van der Waals surface area contributed by atoms with E-state index < -0.39 is 0 Å². The summed E-state index contributed by atoms with van der Waals surface area (Å²) >= 11 is 11.7. The Bertz CT molecular complexity index is 468. The average molecular weight is 229 g/mol. The predicted molar refractivity (Wildman–Crippen MR) is 56.4 cm³/mol. The molecule has 2 rings (SSSR count). The third kappa shape index (κ3) is 1.69. The molecule has 1 aromatic carbocycles. The van der Waals surface area contributed by atoms with E-state index in [1.807, 2.05) is 0 Å². The van der Waals surface area contributed by atoms with Gasteiger partial charge in [0.15, 0.2) is 11.6 Å². The summed E-state index contributed by atoms with van der Waals surface area (Å²) in [6, 6.07) is 6.72. The molecule has 0 saturated heterocycles. The molecule has 1 aromatic heterocycles. The van der Waals surface area contributed by atoms with Crippen LogP contribution < -0.4 is 5.73 Å². The van der Waals surface area contributed by atoms with Crippen LogP contribution in [0.25, 0.3) is 11.3 Å². The zero-order chi connectivity index (χ0) is 10.1. The van der Waals surface area contributed by atoms with Crippen molar-refractivity contribution in [2.45, 2.75) is 0 Å². The number of rotatable bonds is 1. The second-order valence-corrected chi connectivity index (χ2v) is 3.58. The van der Waals surface area contributed by atoms with Crippen LogP contribution in [0.1, 0.15) is 0 Å². The maximum absolute atomic E-state index is 5.96. The standard InChI is InChI=1S/C9H6Cl2N2O/c10-5-1-2-6(7(11)3-5)8-4-9(12)13-14-8/h1-4H,(H2,12,13). The van der Waals surface area contributed by atoms with Crippen LogP contribution in [-0.2, 0) is 0 Å². The van der Waals surface area contributed by atoms with E-state index in [0.717, 1.165) is 5.56 Å². The Kier molecular flexibility index (Phi) is 2.35. The van der Waals surface area contributed by atoms with Crippen LogP contribution in [-0.4, -0.2) is 5.16 Å². The molecule has 0 aliphatic carbocycles. The molecule has 0 fully saturated rings. The summed E-state index contributed by atoms with van der Waals surface area (Å²) < 4.78 is 4.97. The zero-order valence-corrected chi connectivity index (χ0v) is 8.51. The van der Waals surface area contributed by atoms with Crippen LogP contribution >= 0.6 is 23.2 Å². The molecule has 2 aromatic rings. The molecule has 0 saturated carbocycles. The number of nitrogens with two attached hydrogens (primary N) is 1. The number of anilines is 1. The molecule has 0 atom stereocenters. The molecule has 72 valence electrons. The van der Waals surface area contributed by atoms with Gasteiger partial charge in [-0.25, -0.2) is 0 Å². The van der Waals surface area contributed by atoms with Gasteiger partial charge >= 0.3 is 0 Å². The molecular formula is C9H6Cl2N2O. The molecule has 3 nitrogen and oxygen atoms in total. The van der Waals surface area contributed by atoms with Crippen molar-refractivity contribution in [1.29, 1.82) is 0 Å². The van der Waals surface area contributed by atoms with Crippen molar-refractivity contribution in [3.8, 4) is 11.3 Å². The maximum Gasteiger partial charge on any atom is 0.170 e. The SMILES string of the molecule is Nc1cc(-c2ccc(Cl)cc2Cl)on1. The van der Waals surface area contributed by atoms with Gasteiger partial charge in [0, 0.05) is 16.7 Å². The van der Waals surface area contributed by atoms with Crippen molar-refractivity contribution >= 4 is 29.0 Å². The van der Waals surface area contributed by atoms with Gasteiger partial charge in [-0.3, -0.25) is 0 Å². The normalized spacial score (nSPS) is 10.4. The van der Waals surface area contributed by atoms with Crippen LogP contribution in [0.15, 0.2) is 28.8 Å². The Labute approximate surface area is 90.4 Å². The highest BCUT2D eigenvalue weighted by atomic mass is 35.5. The molecule has 0 aliphatic heterocycles. The van der Waals surface area contributed by atoms with Crippen LogP contribution in [0.5, 0.6) is 0 Å². The molecule has 0 unspecified atom stereocenters. The fourth-order valence-corrected chi connectivity index (χ4v) is 1.61. The quantitative estimate of drug-likeness (QED) is 0.816. The van der Waals surface area contributed by atoms with Gasteiger partial charge in [0.25, 0.3) is 0 Å². The second kappa shape index (κ2) is 3.52.